The highest BCUT2D eigenvalue weighted by Crippen LogP contribution is 2.32. The second kappa shape index (κ2) is 7.43. The predicted octanol–water partition coefficient (Wildman–Crippen LogP) is 4.05. The highest BCUT2D eigenvalue weighted by Gasteiger charge is 2.18. The van der Waals surface area contributed by atoms with Gasteiger partial charge in [-0.15, -0.1) is 5.10 Å². The van der Waals surface area contributed by atoms with Crippen LogP contribution in [0.15, 0.2) is 18.3 Å². The molecule has 2 aromatic rings. The van der Waals surface area contributed by atoms with E-state index >= 15 is 0 Å². The lowest BCUT2D eigenvalue weighted by Gasteiger charge is -2.20. The van der Waals surface area contributed by atoms with Crippen LogP contribution in [-0.4, -0.2) is 21.6 Å². The highest BCUT2D eigenvalue weighted by molar-refractivity contribution is 5.43. The van der Waals surface area contributed by atoms with Crippen LogP contribution in [0.4, 0.5) is 0 Å². The van der Waals surface area contributed by atoms with Crippen LogP contribution in [0.5, 0.6) is 5.75 Å². The zero-order chi connectivity index (χ0) is 16.1. The minimum Gasteiger partial charge on any atom is -0.494 e. The van der Waals surface area contributed by atoms with Gasteiger partial charge in [0, 0.05) is 12.7 Å². The summed E-state index contributed by atoms with van der Waals surface area (Å²) in [6.07, 6.45) is 4.09. The summed E-state index contributed by atoms with van der Waals surface area (Å²) in [4.78, 5) is 0. The van der Waals surface area contributed by atoms with Crippen molar-refractivity contribution < 1.29 is 4.74 Å². The average molecular weight is 301 g/mol. The third-order valence-corrected chi connectivity index (χ3v) is 4.14. The Morgan fingerprint density at radius 1 is 1.14 bits per heavy atom. The van der Waals surface area contributed by atoms with Gasteiger partial charge in [-0.1, -0.05) is 12.1 Å². The van der Waals surface area contributed by atoms with Gasteiger partial charge in [-0.05, 0) is 75.3 Å². The second-order valence-corrected chi connectivity index (χ2v) is 5.78. The molecular weight excluding hydrogens is 274 g/mol. The van der Waals surface area contributed by atoms with Crippen molar-refractivity contribution in [2.45, 2.75) is 59.9 Å². The lowest BCUT2D eigenvalue weighted by atomic mass is 9.86. The number of hydrogen-bond acceptors (Lipinski definition) is 3. The molecule has 0 bridgehead atoms. The summed E-state index contributed by atoms with van der Waals surface area (Å²) in [6.45, 7) is 12.3. The Labute approximate surface area is 133 Å². The second-order valence-electron chi connectivity index (χ2n) is 5.78. The summed E-state index contributed by atoms with van der Waals surface area (Å²) in [7, 11) is 0. The number of nitrogens with zero attached hydrogens (tertiary/aromatic N) is 3. The van der Waals surface area contributed by atoms with Crippen LogP contribution < -0.4 is 4.74 Å². The molecule has 1 aromatic carbocycles. The van der Waals surface area contributed by atoms with E-state index in [1.807, 2.05) is 11.6 Å². The molecule has 0 saturated heterocycles. The molecule has 0 fully saturated rings. The van der Waals surface area contributed by atoms with Crippen LogP contribution in [0.2, 0.25) is 0 Å². The van der Waals surface area contributed by atoms with Crippen molar-refractivity contribution in [1.29, 1.82) is 0 Å². The van der Waals surface area contributed by atoms with Crippen LogP contribution in [0.1, 0.15) is 55.5 Å². The monoisotopic (exact) mass is 301 g/mol. The normalized spacial score (nSPS) is 12.4. The van der Waals surface area contributed by atoms with E-state index in [1.54, 1.807) is 0 Å². The Morgan fingerprint density at radius 3 is 2.32 bits per heavy atom. The van der Waals surface area contributed by atoms with Crippen LogP contribution in [0.3, 0.4) is 0 Å². The first-order chi connectivity index (χ1) is 10.6. The number of hydrogen-bond donors (Lipinski definition) is 0. The topological polar surface area (TPSA) is 39.9 Å². The van der Waals surface area contributed by atoms with Crippen molar-refractivity contribution in [3.8, 4) is 5.75 Å². The fourth-order valence-corrected chi connectivity index (χ4v) is 3.12. The number of ether oxygens (including phenoxy) is 1. The number of rotatable bonds is 7. The van der Waals surface area contributed by atoms with Crippen molar-refractivity contribution in [2.24, 2.45) is 0 Å². The molecule has 0 aliphatic carbocycles. The Kier molecular flexibility index (Phi) is 5.58. The van der Waals surface area contributed by atoms with Gasteiger partial charge in [0.1, 0.15) is 5.75 Å². The van der Waals surface area contributed by atoms with Crippen molar-refractivity contribution in [3.05, 3.63) is 40.7 Å². The molecule has 1 atom stereocenters. The fourth-order valence-electron chi connectivity index (χ4n) is 3.12. The van der Waals surface area contributed by atoms with Gasteiger partial charge in [0.15, 0.2) is 0 Å². The molecule has 0 radical (unpaired) electrons. The first-order valence-electron chi connectivity index (χ1n) is 8.21. The average Bonchev–Trinajstić information content (AvgIpc) is 2.93. The summed E-state index contributed by atoms with van der Waals surface area (Å²) in [5.41, 5.74) is 5.11. The minimum atomic E-state index is 0.470. The lowest BCUT2D eigenvalue weighted by Crippen LogP contribution is -2.07. The summed E-state index contributed by atoms with van der Waals surface area (Å²) in [5, 5.41) is 8.44. The number of benzene rings is 1. The summed E-state index contributed by atoms with van der Waals surface area (Å²) in [5.74, 6) is 1.44. The van der Waals surface area contributed by atoms with Crippen molar-refractivity contribution in [1.82, 2.24) is 15.0 Å². The molecule has 1 aromatic heterocycles. The molecule has 0 aliphatic heterocycles. The van der Waals surface area contributed by atoms with E-state index in [0.29, 0.717) is 12.5 Å². The maximum Gasteiger partial charge on any atom is 0.119 e. The predicted molar refractivity (Wildman–Crippen MR) is 89.5 cm³/mol. The van der Waals surface area contributed by atoms with Gasteiger partial charge in [-0.25, -0.2) is 0 Å². The quantitative estimate of drug-likeness (QED) is 0.774. The minimum absolute atomic E-state index is 0.470. The lowest BCUT2D eigenvalue weighted by molar-refractivity contribution is 0.339. The molecule has 1 heterocycles. The molecule has 4 heteroatoms. The summed E-state index contributed by atoms with van der Waals surface area (Å²) < 4.78 is 7.54. The van der Waals surface area contributed by atoms with Gasteiger partial charge in [-0.3, -0.25) is 4.68 Å². The third kappa shape index (κ3) is 3.67. The zero-order valence-electron chi connectivity index (χ0n) is 14.4. The maximum absolute atomic E-state index is 5.65. The van der Waals surface area contributed by atoms with E-state index in [0.717, 1.165) is 30.8 Å². The van der Waals surface area contributed by atoms with Crippen molar-refractivity contribution >= 4 is 0 Å². The molecule has 0 saturated carbocycles. The van der Waals surface area contributed by atoms with Crippen LogP contribution >= 0.6 is 0 Å². The molecule has 0 aliphatic rings. The Hall–Kier alpha value is -1.84. The first-order valence-corrected chi connectivity index (χ1v) is 8.21. The van der Waals surface area contributed by atoms with E-state index in [1.165, 1.54) is 16.7 Å². The third-order valence-electron chi connectivity index (χ3n) is 4.14. The van der Waals surface area contributed by atoms with E-state index in [-0.39, 0.29) is 0 Å². The molecule has 4 nitrogen and oxygen atoms in total. The van der Waals surface area contributed by atoms with Gasteiger partial charge in [0.05, 0.1) is 12.3 Å². The summed E-state index contributed by atoms with van der Waals surface area (Å²) >= 11 is 0. The van der Waals surface area contributed by atoms with Gasteiger partial charge in [-0.2, -0.15) is 0 Å². The molecule has 22 heavy (non-hydrogen) atoms. The fraction of sp³-hybridized carbons (Fsp3) is 0.556. The van der Waals surface area contributed by atoms with E-state index < -0.39 is 0 Å². The van der Waals surface area contributed by atoms with Crippen LogP contribution in [0.25, 0.3) is 0 Å². The number of aromatic nitrogens is 3. The molecule has 0 N–H and O–H groups in total. The Bertz CT molecular complexity index is 596. The SMILES string of the molecule is CCOc1cc(C)c(C(CC)Cc2cn(CC)nn2)c(C)c1. The van der Waals surface area contributed by atoms with Crippen molar-refractivity contribution in [3.63, 3.8) is 0 Å². The molecule has 1 unspecified atom stereocenters. The highest BCUT2D eigenvalue weighted by atomic mass is 16.5. The van der Waals surface area contributed by atoms with E-state index in [9.17, 15) is 0 Å². The van der Waals surface area contributed by atoms with E-state index in [4.69, 9.17) is 4.74 Å². The van der Waals surface area contributed by atoms with E-state index in [2.05, 4.69) is 56.3 Å². The molecule has 0 amide bonds. The zero-order valence-corrected chi connectivity index (χ0v) is 14.4. The Morgan fingerprint density at radius 2 is 1.82 bits per heavy atom. The summed E-state index contributed by atoms with van der Waals surface area (Å²) in [6, 6.07) is 4.30. The van der Waals surface area contributed by atoms with Crippen LogP contribution in [-0.2, 0) is 13.0 Å². The van der Waals surface area contributed by atoms with Crippen molar-refractivity contribution in [2.75, 3.05) is 6.61 Å². The largest absolute Gasteiger partial charge is 0.494 e. The maximum atomic E-state index is 5.65. The first kappa shape index (κ1) is 16.5. The smallest absolute Gasteiger partial charge is 0.119 e. The number of aryl methyl sites for hydroxylation is 3. The van der Waals surface area contributed by atoms with Crippen LogP contribution in [0, 0.1) is 13.8 Å². The standard InChI is InChI=1S/C18H27N3O/c1-6-15(11-16-12-21(7-2)20-19-16)18-13(4)9-17(22-8-3)10-14(18)5/h9-10,12,15H,6-8,11H2,1-5H3. The Balaban J connectivity index is 2.26. The van der Waals surface area contributed by atoms with Gasteiger partial charge < -0.3 is 4.74 Å². The molecule has 120 valence electrons. The molecule has 0 spiro atoms. The molecular formula is C18H27N3O. The van der Waals surface area contributed by atoms with Gasteiger partial charge in [0.2, 0.25) is 0 Å². The van der Waals surface area contributed by atoms with Gasteiger partial charge >= 0.3 is 0 Å². The molecule has 2 rings (SSSR count). The van der Waals surface area contributed by atoms with Gasteiger partial charge in [0.25, 0.3) is 0 Å².